The lowest BCUT2D eigenvalue weighted by molar-refractivity contribution is 0.0923. The largest absolute Gasteiger partial charge is 0.326 e. The minimum atomic E-state index is 0.424. The second-order valence-corrected chi connectivity index (χ2v) is 6.10. The van der Waals surface area contributed by atoms with Gasteiger partial charge in [0.05, 0.1) is 0 Å². The van der Waals surface area contributed by atoms with Crippen LogP contribution < -0.4 is 5.73 Å². The van der Waals surface area contributed by atoms with Crippen molar-refractivity contribution in [1.29, 1.82) is 0 Å². The first-order chi connectivity index (χ1) is 8.18. The van der Waals surface area contributed by atoms with Crippen molar-refractivity contribution < 1.29 is 0 Å². The van der Waals surface area contributed by atoms with Gasteiger partial charge in [0, 0.05) is 18.1 Å². The normalized spacial score (nSPS) is 33.9. The van der Waals surface area contributed by atoms with Crippen molar-refractivity contribution in [3.05, 3.63) is 0 Å². The number of nitrogens with zero attached hydrogens (tertiary/aromatic N) is 2. The van der Waals surface area contributed by atoms with Crippen molar-refractivity contribution >= 4 is 0 Å². The second kappa shape index (κ2) is 6.17. The molecule has 0 aromatic rings. The third kappa shape index (κ3) is 3.43. The molecule has 2 fully saturated rings. The third-order valence-electron chi connectivity index (χ3n) is 4.73. The van der Waals surface area contributed by atoms with Crippen LogP contribution in [0.25, 0.3) is 0 Å². The third-order valence-corrected chi connectivity index (χ3v) is 4.73. The van der Waals surface area contributed by atoms with Crippen LogP contribution in [-0.4, -0.2) is 55.1 Å². The highest BCUT2D eigenvalue weighted by Gasteiger charge is 2.30. The molecule has 0 spiro atoms. The minimum Gasteiger partial charge on any atom is -0.326 e. The quantitative estimate of drug-likeness (QED) is 0.744. The van der Waals surface area contributed by atoms with E-state index in [1.54, 1.807) is 0 Å². The summed E-state index contributed by atoms with van der Waals surface area (Å²) in [5.41, 5.74) is 6.35. The van der Waals surface area contributed by atoms with E-state index in [4.69, 9.17) is 5.73 Å². The van der Waals surface area contributed by atoms with Crippen molar-refractivity contribution in [3.8, 4) is 0 Å². The van der Waals surface area contributed by atoms with Gasteiger partial charge >= 0.3 is 0 Å². The molecule has 2 rings (SSSR count). The van der Waals surface area contributed by atoms with Gasteiger partial charge in [-0.25, -0.2) is 0 Å². The molecule has 2 aliphatic rings. The van der Waals surface area contributed by atoms with Crippen LogP contribution in [0.4, 0.5) is 0 Å². The van der Waals surface area contributed by atoms with E-state index in [0.717, 1.165) is 6.04 Å². The van der Waals surface area contributed by atoms with E-state index in [9.17, 15) is 0 Å². The van der Waals surface area contributed by atoms with Crippen molar-refractivity contribution in [3.63, 3.8) is 0 Å². The molecule has 1 saturated heterocycles. The lowest BCUT2D eigenvalue weighted by Gasteiger charge is -2.41. The predicted octanol–water partition coefficient (Wildman–Crippen LogP) is 1.67. The summed E-state index contributed by atoms with van der Waals surface area (Å²) in [6, 6.07) is 1.88. The van der Waals surface area contributed by atoms with Gasteiger partial charge < -0.3 is 10.6 Å². The summed E-state index contributed by atoms with van der Waals surface area (Å²) in [6.45, 7) is 2.50. The van der Waals surface area contributed by atoms with Crippen LogP contribution in [0.15, 0.2) is 0 Å². The van der Waals surface area contributed by atoms with Gasteiger partial charge in [0.2, 0.25) is 0 Å². The van der Waals surface area contributed by atoms with Crippen molar-refractivity contribution in [2.45, 2.75) is 63.1 Å². The molecule has 0 amide bonds. The van der Waals surface area contributed by atoms with Crippen LogP contribution in [-0.2, 0) is 0 Å². The summed E-state index contributed by atoms with van der Waals surface area (Å²) in [5.74, 6) is 0. The van der Waals surface area contributed by atoms with Gasteiger partial charge in [-0.1, -0.05) is 19.3 Å². The van der Waals surface area contributed by atoms with Gasteiger partial charge in [-0.05, 0) is 52.9 Å². The van der Waals surface area contributed by atoms with Crippen LogP contribution in [0.3, 0.4) is 0 Å². The maximum Gasteiger partial charge on any atom is 0.0247 e. The molecule has 2 unspecified atom stereocenters. The van der Waals surface area contributed by atoms with Gasteiger partial charge in [0.1, 0.15) is 0 Å². The molecule has 1 heterocycles. The highest BCUT2D eigenvalue weighted by atomic mass is 15.2. The van der Waals surface area contributed by atoms with Gasteiger partial charge in [-0.3, -0.25) is 4.90 Å². The van der Waals surface area contributed by atoms with E-state index >= 15 is 0 Å². The fraction of sp³-hybridized carbons (Fsp3) is 1.00. The maximum absolute atomic E-state index is 6.35. The summed E-state index contributed by atoms with van der Waals surface area (Å²) in [4.78, 5) is 5.06. The molecule has 0 aromatic heterocycles. The molecule has 3 heteroatoms. The van der Waals surface area contributed by atoms with Crippen LogP contribution in [0.1, 0.15) is 44.9 Å². The topological polar surface area (TPSA) is 32.5 Å². The Bertz CT molecular complexity index is 222. The Morgan fingerprint density at radius 1 is 0.941 bits per heavy atom. The zero-order chi connectivity index (χ0) is 12.3. The standard InChI is InChI=1S/C14H29N3/c1-16(2)12-8-10-17(11-9-12)14-7-5-3-4-6-13(14)15/h12-14H,3-11,15H2,1-2H3. The SMILES string of the molecule is CN(C)C1CCN(C2CCCCCC2N)CC1. The highest BCUT2D eigenvalue weighted by molar-refractivity contribution is 4.88. The van der Waals surface area contributed by atoms with E-state index in [0.29, 0.717) is 12.1 Å². The average molecular weight is 239 g/mol. The molecule has 1 aliphatic carbocycles. The Morgan fingerprint density at radius 2 is 1.59 bits per heavy atom. The monoisotopic (exact) mass is 239 g/mol. The molecule has 2 N–H and O–H groups in total. The molecule has 17 heavy (non-hydrogen) atoms. The summed E-state index contributed by atoms with van der Waals surface area (Å²) >= 11 is 0. The molecule has 100 valence electrons. The Morgan fingerprint density at radius 3 is 2.24 bits per heavy atom. The first-order valence-corrected chi connectivity index (χ1v) is 7.34. The summed E-state index contributed by atoms with van der Waals surface area (Å²) < 4.78 is 0. The number of nitrogens with two attached hydrogens (primary N) is 1. The number of likely N-dealkylation sites (tertiary alicyclic amines) is 1. The van der Waals surface area contributed by atoms with Crippen molar-refractivity contribution in [2.75, 3.05) is 27.2 Å². The van der Waals surface area contributed by atoms with Gasteiger partial charge in [-0.2, -0.15) is 0 Å². The van der Waals surface area contributed by atoms with Crippen LogP contribution in [0.5, 0.6) is 0 Å². The molecule has 1 saturated carbocycles. The first kappa shape index (κ1) is 13.3. The number of hydrogen-bond donors (Lipinski definition) is 1. The summed E-state index contributed by atoms with van der Waals surface area (Å²) in [5, 5.41) is 0. The van der Waals surface area contributed by atoms with Crippen LogP contribution >= 0.6 is 0 Å². The molecular formula is C14H29N3. The number of piperidine rings is 1. The lowest BCUT2D eigenvalue weighted by atomic mass is 9.97. The lowest BCUT2D eigenvalue weighted by Crippen LogP contribution is -2.52. The van der Waals surface area contributed by atoms with E-state index in [-0.39, 0.29) is 0 Å². The van der Waals surface area contributed by atoms with Gasteiger partial charge in [-0.15, -0.1) is 0 Å². The van der Waals surface area contributed by atoms with E-state index in [2.05, 4.69) is 23.9 Å². The fourth-order valence-corrected chi connectivity index (χ4v) is 3.50. The Labute approximate surface area is 106 Å². The number of rotatable bonds is 2. The Balaban J connectivity index is 1.86. The van der Waals surface area contributed by atoms with Gasteiger partial charge in [0.15, 0.2) is 0 Å². The molecular weight excluding hydrogens is 210 g/mol. The second-order valence-electron chi connectivity index (χ2n) is 6.10. The smallest absolute Gasteiger partial charge is 0.0247 e. The molecule has 0 radical (unpaired) electrons. The molecule has 1 aliphatic heterocycles. The van der Waals surface area contributed by atoms with Crippen molar-refractivity contribution in [2.24, 2.45) is 5.73 Å². The Kier molecular flexibility index (Phi) is 4.83. The maximum atomic E-state index is 6.35. The average Bonchev–Trinajstić information content (AvgIpc) is 2.54. The van der Waals surface area contributed by atoms with Crippen LogP contribution in [0.2, 0.25) is 0 Å². The summed E-state index contributed by atoms with van der Waals surface area (Å²) in [6.07, 6.45) is 9.30. The van der Waals surface area contributed by atoms with Crippen LogP contribution in [0, 0.1) is 0 Å². The molecule has 0 aromatic carbocycles. The zero-order valence-corrected chi connectivity index (χ0v) is 11.6. The molecule has 2 atom stereocenters. The predicted molar refractivity (Wildman–Crippen MR) is 73.1 cm³/mol. The van der Waals surface area contributed by atoms with Gasteiger partial charge in [0.25, 0.3) is 0 Å². The fourth-order valence-electron chi connectivity index (χ4n) is 3.50. The number of hydrogen-bond acceptors (Lipinski definition) is 3. The van der Waals surface area contributed by atoms with E-state index in [1.807, 2.05) is 0 Å². The zero-order valence-electron chi connectivity index (χ0n) is 11.6. The van der Waals surface area contributed by atoms with Crippen molar-refractivity contribution in [1.82, 2.24) is 9.80 Å². The highest BCUT2D eigenvalue weighted by Crippen LogP contribution is 2.25. The molecule has 3 nitrogen and oxygen atoms in total. The van der Waals surface area contributed by atoms with E-state index in [1.165, 1.54) is 58.0 Å². The minimum absolute atomic E-state index is 0.424. The Hall–Kier alpha value is -0.120. The first-order valence-electron chi connectivity index (χ1n) is 7.34. The molecule has 0 bridgehead atoms. The van der Waals surface area contributed by atoms with E-state index < -0.39 is 0 Å². The summed E-state index contributed by atoms with van der Waals surface area (Å²) in [7, 11) is 4.41.